The number of aromatic nitrogens is 2. The van der Waals surface area contributed by atoms with Gasteiger partial charge in [-0.15, -0.1) is 10.2 Å². The number of hydrogen-bond acceptors (Lipinski definition) is 7. The van der Waals surface area contributed by atoms with E-state index >= 15 is 0 Å². The van der Waals surface area contributed by atoms with Gasteiger partial charge in [0.1, 0.15) is 5.25 Å². The molecule has 0 unspecified atom stereocenters. The fourth-order valence-corrected chi connectivity index (χ4v) is 4.63. The molecule has 2 aliphatic heterocycles. The van der Waals surface area contributed by atoms with Gasteiger partial charge in [0.15, 0.2) is 11.5 Å². The highest BCUT2D eigenvalue weighted by Crippen LogP contribution is 2.39. The highest BCUT2D eigenvalue weighted by atomic mass is 32.2. The average Bonchev–Trinajstić information content (AvgIpc) is 3.47. The lowest BCUT2D eigenvalue weighted by Gasteiger charge is -2.29. The Hall–Kier alpha value is -3.00. The number of benzene rings is 2. The molecule has 154 valence electrons. The van der Waals surface area contributed by atoms with Crippen LogP contribution in [-0.4, -0.2) is 40.9 Å². The van der Waals surface area contributed by atoms with Crippen molar-refractivity contribution in [2.75, 3.05) is 19.9 Å². The lowest BCUT2D eigenvalue weighted by molar-refractivity contribution is -0.131. The lowest BCUT2D eigenvalue weighted by Crippen LogP contribution is -2.38. The Balaban J connectivity index is 1.39. The minimum Gasteiger partial charge on any atom is -0.454 e. The third-order valence-corrected chi connectivity index (χ3v) is 6.32. The monoisotopic (exact) mass is 423 g/mol. The number of fused-ring (bicyclic) bond motifs is 1. The van der Waals surface area contributed by atoms with Crippen molar-refractivity contribution in [3.8, 4) is 23.0 Å². The maximum absolute atomic E-state index is 13.3. The Morgan fingerprint density at radius 3 is 2.60 bits per heavy atom. The Morgan fingerprint density at radius 2 is 1.77 bits per heavy atom. The molecule has 2 aliphatic rings. The van der Waals surface area contributed by atoms with E-state index < -0.39 is 5.25 Å². The Labute approximate surface area is 178 Å². The molecule has 0 aliphatic carbocycles. The highest BCUT2D eigenvalue weighted by molar-refractivity contribution is 8.00. The second-order valence-corrected chi connectivity index (χ2v) is 8.29. The molecule has 30 heavy (non-hydrogen) atoms. The van der Waals surface area contributed by atoms with Crippen LogP contribution in [0, 0.1) is 0 Å². The van der Waals surface area contributed by atoms with E-state index in [0.717, 1.165) is 37.1 Å². The molecule has 1 fully saturated rings. The minimum atomic E-state index is -0.422. The van der Waals surface area contributed by atoms with E-state index in [2.05, 4.69) is 10.2 Å². The second-order valence-electron chi connectivity index (χ2n) is 7.24. The van der Waals surface area contributed by atoms with Crippen molar-refractivity contribution < 1.29 is 18.7 Å². The summed E-state index contributed by atoms with van der Waals surface area (Å²) in [6.45, 7) is 1.81. The Morgan fingerprint density at radius 1 is 0.967 bits per heavy atom. The fraction of sp³-hybridized carbons (Fsp3) is 0.318. The van der Waals surface area contributed by atoms with Crippen molar-refractivity contribution in [3.63, 3.8) is 0 Å². The SMILES string of the molecule is O=C([C@H](Sc1nnc(-c2ccc3c(c2)OCO3)o1)c1ccccc1)N1CCCCC1. The number of rotatable bonds is 5. The molecule has 7 nitrogen and oxygen atoms in total. The zero-order valence-electron chi connectivity index (χ0n) is 16.3. The predicted octanol–water partition coefficient (Wildman–Crippen LogP) is 4.31. The molecule has 1 aromatic heterocycles. The summed E-state index contributed by atoms with van der Waals surface area (Å²) in [6.07, 6.45) is 3.27. The van der Waals surface area contributed by atoms with Crippen LogP contribution in [0.2, 0.25) is 0 Å². The molecule has 3 aromatic rings. The molecule has 2 aromatic carbocycles. The molecule has 3 heterocycles. The first-order valence-electron chi connectivity index (χ1n) is 10.0. The van der Waals surface area contributed by atoms with Crippen LogP contribution in [0.5, 0.6) is 11.5 Å². The number of likely N-dealkylation sites (tertiary alicyclic amines) is 1. The van der Waals surface area contributed by atoms with Crippen LogP contribution in [0.1, 0.15) is 30.1 Å². The number of piperidine rings is 1. The lowest BCUT2D eigenvalue weighted by atomic mass is 10.1. The molecule has 0 bridgehead atoms. The van der Waals surface area contributed by atoms with Gasteiger partial charge < -0.3 is 18.8 Å². The number of carbonyl (C=O) groups is 1. The Kier molecular flexibility index (Phi) is 5.31. The summed E-state index contributed by atoms with van der Waals surface area (Å²) in [6, 6.07) is 15.3. The van der Waals surface area contributed by atoms with Crippen molar-refractivity contribution in [1.29, 1.82) is 0 Å². The number of hydrogen-bond donors (Lipinski definition) is 0. The normalized spacial score (nSPS) is 16.5. The standard InChI is InChI=1S/C22H21N3O4S/c26-21(25-11-5-2-6-12-25)19(15-7-3-1-4-8-15)30-22-24-23-20(29-22)16-9-10-17-18(13-16)28-14-27-17/h1,3-4,7-10,13,19H,2,5-6,11-12,14H2/t19-/m1/s1. The predicted molar refractivity (Wildman–Crippen MR) is 111 cm³/mol. The molecule has 5 rings (SSSR count). The van der Waals surface area contributed by atoms with Crippen LogP contribution in [0.3, 0.4) is 0 Å². The highest BCUT2D eigenvalue weighted by Gasteiger charge is 2.30. The number of carbonyl (C=O) groups excluding carboxylic acids is 1. The van der Waals surface area contributed by atoms with Gasteiger partial charge in [-0.1, -0.05) is 30.3 Å². The van der Waals surface area contributed by atoms with Gasteiger partial charge in [-0.3, -0.25) is 4.79 Å². The quantitative estimate of drug-likeness (QED) is 0.566. The van der Waals surface area contributed by atoms with E-state index in [-0.39, 0.29) is 12.7 Å². The maximum Gasteiger partial charge on any atom is 0.277 e. The van der Waals surface area contributed by atoms with Crippen LogP contribution >= 0.6 is 11.8 Å². The van der Waals surface area contributed by atoms with Gasteiger partial charge in [-0.05, 0) is 54.8 Å². The van der Waals surface area contributed by atoms with E-state index in [1.807, 2.05) is 53.4 Å². The molecule has 1 atom stereocenters. The molecule has 0 spiro atoms. The molecule has 0 radical (unpaired) electrons. The topological polar surface area (TPSA) is 77.7 Å². The number of amides is 1. The molecule has 0 saturated carbocycles. The Bertz CT molecular complexity index is 1030. The molecule has 8 heteroatoms. The van der Waals surface area contributed by atoms with E-state index in [1.165, 1.54) is 18.2 Å². The first-order valence-corrected chi connectivity index (χ1v) is 10.9. The molecular weight excluding hydrogens is 402 g/mol. The van der Waals surface area contributed by atoms with Crippen molar-refractivity contribution >= 4 is 17.7 Å². The summed E-state index contributed by atoms with van der Waals surface area (Å²) in [4.78, 5) is 15.2. The van der Waals surface area contributed by atoms with Crippen molar-refractivity contribution in [1.82, 2.24) is 15.1 Å². The van der Waals surface area contributed by atoms with Crippen molar-refractivity contribution in [2.45, 2.75) is 29.7 Å². The van der Waals surface area contributed by atoms with Crippen LogP contribution in [0.25, 0.3) is 11.5 Å². The summed E-state index contributed by atoms with van der Waals surface area (Å²) < 4.78 is 16.7. The number of thioether (sulfide) groups is 1. The zero-order valence-corrected chi connectivity index (χ0v) is 17.1. The van der Waals surface area contributed by atoms with Gasteiger partial charge in [0.2, 0.25) is 18.6 Å². The van der Waals surface area contributed by atoms with Crippen molar-refractivity contribution in [3.05, 3.63) is 54.1 Å². The second kappa shape index (κ2) is 8.39. The van der Waals surface area contributed by atoms with Crippen LogP contribution in [0.15, 0.2) is 58.2 Å². The smallest absolute Gasteiger partial charge is 0.277 e. The summed E-state index contributed by atoms with van der Waals surface area (Å²) in [5, 5.41) is 8.30. The average molecular weight is 423 g/mol. The molecule has 1 saturated heterocycles. The van der Waals surface area contributed by atoms with Gasteiger partial charge in [-0.2, -0.15) is 0 Å². The first kappa shape index (κ1) is 19.0. The fourth-order valence-electron chi connectivity index (χ4n) is 3.67. The number of nitrogens with zero attached hydrogens (tertiary/aromatic N) is 3. The zero-order chi connectivity index (χ0) is 20.3. The summed E-state index contributed by atoms with van der Waals surface area (Å²) in [7, 11) is 0. The summed E-state index contributed by atoms with van der Waals surface area (Å²) >= 11 is 1.30. The van der Waals surface area contributed by atoms with Gasteiger partial charge in [0.05, 0.1) is 0 Å². The molecule has 1 amide bonds. The van der Waals surface area contributed by atoms with E-state index in [0.29, 0.717) is 22.6 Å². The maximum atomic E-state index is 13.3. The van der Waals surface area contributed by atoms with Crippen LogP contribution < -0.4 is 9.47 Å². The molecular formula is C22H21N3O4S. The largest absolute Gasteiger partial charge is 0.454 e. The van der Waals surface area contributed by atoms with E-state index in [1.54, 1.807) is 0 Å². The number of ether oxygens (including phenoxy) is 2. The van der Waals surface area contributed by atoms with Gasteiger partial charge in [0.25, 0.3) is 5.22 Å². The van der Waals surface area contributed by atoms with Gasteiger partial charge in [0, 0.05) is 18.7 Å². The van der Waals surface area contributed by atoms with Crippen molar-refractivity contribution in [2.24, 2.45) is 0 Å². The minimum absolute atomic E-state index is 0.0914. The van der Waals surface area contributed by atoms with E-state index in [9.17, 15) is 4.79 Å². The van der Waals surface area contributed by atoms with Crippen LogP contribution in [-0.2, 0) is 4.79 Å². The van der Waals surface area contributed by atoms with Gasteiger partial charge in [-0.25, -0.2) is 0 Å². The summed E-state index contributed by atoms with van der Waals surface area (Å²) in [5.74, 6) is 1.83. The van der Waals surface area contributed by atoms with Gasteiger partial charge >= 0.3 is 0 Å². The third-order valence-electron chi connectivity index (χ3n) is 5.24. The first-order chi connectivity index (χ1) is 14.8. The molecule has 0 N–H and O–H groups in total. The third kappa shape index (κ3) is 3.87. The summed E-state index contributed by atoms with van der Waals surface area (Å²) in [5.41, 5.74) is 1.68. The van der Waals surface area contributed by atoms with Crippen LogP contribution in [0.4, 0.5) is 0 Å². The van der Waals surface area contributed by atoms with E-state index in [4.69, 9.17) is 13.9 Å².